The fourth-order valence-corrected chi connectivity index (χ4v) is 2.01. The van der Waals surface area contributed by atoms with Gasteiger partial charge < -0.3 is 10.5 Å². The van der Waals surface area contributed by atoms with Gasteiger partial charge in [0.25, 0.3) is 0 Å². The topological polar surface area (TPSA) is 48.1 Å². The van der Waals surface area contributed by atoms with Crippen LogP contribution >= 0.6 is 15.9 Å². The third-order valence-electron chi connectivity index (χ3n) is 2.47. The summed E-state index contributed by atoms with van der Waals surface area (Å²) in [7, 11) is 0. The number of nitrogen functional groups attached to an aromatic ring is 1. The minimum Gasteiger partial charge on any atom is -0.474 e. The van der Waals surface area contributed by atoms with E-state index in [0.29, 0.717) is 17.7 Å². The Balaban J connectivity index is 2.11. The molecule has 4 heteroatoms. The minimum atomic E-state index is 0.320. The zero-order valence-electron chi connectivity index (χ0n) is 7.87. The number of hydrogen-bond donors (Lipinski definition) is 1. The predicted octanol–water partition coefficient (Wildman–Crippen LogP) is 2.75. The molecule has 0 aliphatic heterocycles. The molecule has 2 N–H and O–H groups in total. The Morgan fingerprint density at radius 2 is 2.14 bits per heavy atom. The second-order valence-electron chi connectivity index (χ2n) is 3.54. The summed E-state index contributed by atoms with van der Waals surface area (Å²) in [6.45, 7) is 0. The van der Waals surface area contributed by atoms with Crippen LogP contribution < -0.4 is 10.5 Å². The molecule has 0 bridgehead atoms. The summed E-state index contributed by atoms with van der Waals surface area (Å²) >= 11 is 3.37. The normalized spacial score (nSPS) is 17.2. The maximum atomic E-state index is 5.75. The van der Waals surface area contributed by atoms with Crippen LogP contribution in [0, 0.1) is 0 Å². The van der Waals surface area contributed by atoms with Crippen LogP contribution in [-0.4, -0.2) is 11.1 Å². The lowest BCUT2D eigenvalue weighted by molar-refractivity contribution is 0.200. The summed E-state index contributed by atoms with van der Waals surface area (Å²) in [5.41, 5.74) is 6.40. The lowest BCUT2D eigenvalue weighted by Crippen LogP contribution is -2.12. The third-order valence-corrected chi connectivity index (χ3v) is 3.26. The SMILES string of the molecule is Nc1ccnc(OC2CCCC2)c1Br. The van der Waals surface area contributed by atoms with E-state index in [9.17, 15) is 0 Å². The molecule has 14 heavy (non-hydrogen) atoms. The van der Waals surface area contributed by atoms with E-state index in [1.165, 1.54) is 12.8 Å². The lowest BCUT2D eigenvalue weighted by Gasteiger charge is -2.13. The van der Waals surface area contributed by atoms with Crippen molar-refractivity contribution in [3.05, 3.63) is 16.7 Å². The highest BCUT2D eigenvalue weighted by Crippen LogP contribution is 2.31. The number of rotatable bonds is 2. The van der Waals surface area contributed by atoms with Gasteiger partial charge in [0.2, 0.25) is 5.88 Å². The van der Waals surface area contributed by atoms with E-state index in [1.807, 2.05) is 0 Å². The molecular weight excluding hydrogens is 244 g/mol. The minimum absolute atomic E-state index is 0.320. The molecule has 1 aromatic heterocycles. The van der Waals surface area contributed by atoms with E-state index < -0.39 is 0 Å². The molecule has 0 unspecified atom stereocenters. The molecule has 1 aliphatic rings. The molecule has 76 valence electrons. The molecule has 1 fully saturated rings. The summed E-state index contributed by atoms with van der Waals surface area (Å²) < 4.78 is 6.52. The van der Waals surface area contributed by atoms with Crippen molar-refractivity contribution in [3.63, 3.8) is 0 Å². The van der Waals surface area contributed by atoms with Crippen molar-refractivity contribution in [2.45, 2.75) is 31.8 Å². The van der Waals surface area contributed by atoms with Gasteiger partial charge in [-0.1, -0.05) is 0 Å². The van der Waals surface area contributed by atoms with E-state index in [4.69, 9.17) is 10.5 Å². The third kappa shape index (κ3) is 2.00. The maximum Gasteiger partial charge on any atom is 0.230 e. The molecule has 1 aromatic rings. The Hall–Kier alpha value is -0.770. The Morgan fingerprint density at radius 3 is 2.86 bits per heavy atom. The van der Waals surface area contributed by atoms with Gasteiger partial charge in [-0.05, 0) is 47.7 Å². The highest BCUT2D eigenvalue weighted by Gasteiger charge is 2.18. The maximum absolute atomic E-state index is 5.75. The zero-order valence-corrected chi connectivity index (χ0v) is 9.46. The van der Waals surface area contributed by atoms with Gasteiger partial charge in [-0.15, -0.1) is 0 Å². The van der Waals surface area contributed by atoms with Crippen molar-refractivity contribution in [2.24, 2.45) is 0 Å². The smallest absolute Gasteiger partial charge is 0.230 e. The van der Waals surface area contributed by atoms with Crippen LogP contribution in [0.5, 0.6) is 5.88 Å². The van der Waals surface area contributed by atoms with Gasteiger partial charge >= 0.3 is 0 Å². The molecule has 1 heterocycles. The second-order valence-corrected chi connectivity index (χ2v) is 4.34. The number of pyridine rings is 1. The van der Waals surface area contributed by atoms with E-state index in [2.05, 4.69) is 20.9 Å². The highest BCUT2D eigenvalue weighted by atomic mass is 79.9. The van der Waals surface area contributed by atoms with Crippen LogP contribution in [0.25, 0.3) is 0 Å². The van der Waals surface area contributed by atoms with Crippen LogP contribution in [0.1, 0.15) is 25.7 Å². The van der Waals surface area contributed by atoms with E-state index in [1.54, 1.807) is 12.3 Å². The molecule has 0 saturated heterocycles. The van der Waals surface area contributed by atoms with Gasteiger partial charge in [0.15, 0.2) is 0 Å². The van der Waals surface area contributed by atoms with Crippen LogP contribution in [0.4, 0.5) is 5.69 Å². The summed E-state index contributed by atoms with van der Waals surface area (Å²) in [4.78, 5) is 4.15. The standard InChI is InChI=1S/C10H13BrN2O/c11-9-8(12)5-6-13-10(9)14-7-3-1-2-4-7/h5-7H,1-4H2,(H2,12,13). The first-order valence-corrected chi connectivity index (χ1v) is 5.63. The first kappa shape index (κ1) is 9.77. The number of nitrogens with zero attached hydrogens (tertiary/aromatic N) is 1. The van der Waals surface area contributed by atoms with Crippen molar-refractivity contribution in [1.29, 1.82) is 0 Å². The molecular formula is C10H13BrN2O. The van der Waals surface area contributed by atoms with Gasteiger partial charge in [0.05, 0.1) is 5.69 Å². The molecule has 0 aromatic carbocycles. The molecule has 0 amide bonds. The Labute approximate surface area is 91.8 Å². The number of halogens is 1. The van der Waals surface area contributed by atoms with Crippen molar-refractivity contribution < 1.29 is 4.74 Å². The van der Waals surface area contributed by atoms with Crippen LogP contribution in [0.2, 0.25) is 0 Å². The number of hydrogen-bond acceptors (Lipinski definition) is 3. The molecule has 0 spiro atoms. The van der Waals surface area contributed by atoms with E-state index in [0.717, 1.165) is 17.3 Å². The van der Waals surface area contributed by atoms with Gasteiger partial charge in [-0.3, -0.25) is 0 Å². The number of aromatic nitrogens is 1. The fourth-order valence-electron chi connectivity index (χ4n) is 1.68. The predicted molar refractivity (Wildman–Crippen MR) is 59.2 cm³/mol. The van der Waals surface area contributed by atoms with Gasteiger partial charge in [0, 0.05) is 6.20 Å². The first-order valence-electron chi connectivity index (χ1n) is 4.84. The summed E-state index contributed by atoms with van der Waals surface area (Å²) in [5.74, 6) is 0.622. The molecule has 3 nitrogen and oxygen atoms in total. The average molecular weight is 257 g/mol. The lowest BCUT2D eigenvalue weighted by atomic mass is 10.3. The summed E-state index contributed by atoms with van der Waals surface area (Å²) in [6.07, 6.45) is 6.76. The summed E-state index contributed by atoms with van der Waals surface area (Å²) in [5, 5.41) is 0. The molecule has 1 saturated carbocycles. The van der Waals surface area contributed by atoms with Crippen molar-refractivity contribution >= 4 is 21.6 Å². The highest BCUT2D eigenvalue weighted by molar-refractivity contribution is 9.10. The average Bonchev–Trinajstić information content (AvgIpc) is 2.66. The van der Waals surface area contributed by atoms with Crippen LogP contribution in [0.15, 0.2) is 16.7 Å². The molecule has 0 atom stereocenters. The molecule has 0 radical (unpaired) electrons. The largest absolute Gasteiger partial charge is 0.474 e. The zero-order chi connectivity index (χ0) is 9.97. The van der Waals surface area contributed by atoms with Crippen molar-refractivity contribution in [1.82, 2.24) is 4.98 Å². The summed E-state index contributed by atoms with van der Waals surface area (Å²) in [6, 6.07) is 1.76. The van der Waals surface area contributed by atoms with Crippen LogP contribution in [-0.2, 0) is 0 Å². The first-order chi connectivity index (χ1) is 6.77. The van der Waals surface area contributed by atoms with Gasteiger partial charge in [-0.25, -0.2) is 4.98 Å². The number of ether oxygens (including phenoxy) is 1. The molecule has 1 aliphatic carbocycles. The van der Waals surface area contributed by atoms with Crippen LogP contribution in [0.3, 0.4) is 0 Å². The number of anilines is 1. The Morgan fingerprint density at radius 1 is 1.43 bits per heavy atom. The Bertz CT molecular complexity index is 324. The van der Waals surface area contributed by atoms with E-state index in [-0.39, 0.29) is 0 Å². The fraction of sp³-hybridized carbons (Fsp3) is 0.500. The van der Waals surface area contributed by atoms with Crippen molar-refractivity contribution in [2.75, 3.05) is 5.73 Å². The quantitative estimate of drug-likeness (QED) is 0.886. The van der Waals surface area contributed by atoms with E-state index >= 15 is 0 Å². The van der Waals surface area contributed by atoms with Crippen molar-refractivity contribution in [3.8, 4) is 5.88 Å². The molecule has 2 rings (SSSR count). The number of nitrogens with two attached hydrogens (primary N) is 1. The Kier molecular flexibility index (Phi) is 2.91. The monoisotopic (exact) mass is 256 g/mol. The van der Waals surface area contributed by atoms with Gasteiger partial charge in [-0.2, -0.15) is 0 Å². The van der Waals surface area contributed by atoms with Gasteiger partial charge in [0.1, 0.15) is 10.6 Å². The second kappa shape index (κ2) is 4.17.